The first kappa shape index (κ1) is 28.3. The summed E-state index contributed by atoms with van der Waals surface area (Å²) in [5.74, 6) is -4.50. The van der Waals surface area contributed by atoms with Gasteiger partial charge in [0.05, 0.1) is 42.5 Å². The van der Waals surface area contributed by atoms with Crippen LogP contribution in [0.25, 0.3) is 10.9 Å². The molecule has 2 heterocycles. The van der Waals surface area contributed by atoms with Gasteiger partial charge in [0.25, 0.3) is 0 Å². The lowest BCUT2D eigenvalue weighted by atomic mass is 9.86. The highest BCUT2D eigenvalue weighted by molar-refractivity contribution is 6.07. The largest absolute Gasteiger partial charge is 0.481 e. The number of benzene rings is 2. The monoisotopic (exact) mass is 563 g/mol. The molecular weight excluding hydrogens is 538 g/mol. The number of carboxylic acids is 1. The van der Waals surface area contributed by atoms with Crippen LogP contribution in [0.5, 0.6) is 0 Å². The molecular formula is C25H25F4N7O4. The molecule has 11 nitrogen and oxygen atoms in total. The highest BCUT2D eigenvalue weighted by Gasteiger charge is 2.37. The molecule has 0 spiro atoms. The molecule has 212 valence electrons. The quantitative estimate of drug-likeness (QED) is 0.261. The summed E-state index contributed by atoms with van der Waals surface area (Å²) in [6, 6.07) is 4.12. The molecule has 0 saturated carbocycles. The number of guanidine groups is 1. The Balaban J connectivity index is 1.89. The average Bonchev–Trinajstić information content (AvgIpc) is 3.27. The summed E-state index contributed by atoms with van der Waals surface area (Å²) in [6.07, 6.45) is -5.38. The van der Waals surface area contributed by atoms with Crippen molar-refractivity contribution in [1.29, 1.82) is 0 Å². The standard InChI is InChI=1S/C25H25F4N7O4/c1-11-2-12(4-14(3-11)25(27,28)29)16(7-20(37)38)21(23(31)40)36-19-6-13(22(30)39)5-18(17(19)10-34-36)35-24-32-8-15(26)9-33-24/h2-6,10,15-16,21H,7-9H2,1H3,(H2,30,39)(H2,31,40)(H,37,38)(H2,32,33,35)/t16-,21?/m0/s1. The topological polar surface area (TPSA) is 178 Å². The maximum absolute atomic E-state index is 13.6. The number of hydrogen-bond donors (Lipinski definition) is 5. The fourth-order valence-corrected chi connectivity index (χ4v) is 4.62. The highest BCUT2D eigenvalue weighted by Crippen LogP contribution is 2.39. The van der Waals surface area contributed by atoms with Gasteiger partial charge in [0.15, 0.2) is 5.96 Å². The van der Waals surface area contributed by atoms with Crippen LogP contribution in [-0.4, -0.2) is 57.9 Å². The number of aryl methyl sites for hydroxylation is 1. The third-order valence-corrected chi connectivity index (χ3v) is 6.38. The molecule has 0 bridgehead atoms. The maximum Gasteiger partial charge on any atom is 0.416 e. The first-order valence-electron chi connectivity index (χ1n) is 11.9. The number of aliphatic imine (C=N–C) groups is 1. The Morgan fingerprint density at radius 2 is 1.93 bits per heavy atom. The molecule has 0 saturated heterocycles. The number of carbonyl (C=O) groups is 3. The maximum atomic E-state index is 13.6. The van der Waals surface area contributed by atoms with Crippen LogP contribution < -0.4 is 22.1 Å². The van der Waals surface area contributed by atoms with Gasteiger partial charge in [-0.25, -0.2) is 9.38 Å². The number of aliphatic carboxylic acids is 1. The highest BCUT2D eigenvalue weighted by atomic mass is 19.4. The van der Waals surface area contributed by atoms with Crippen LogP contribution in [0.2, 0.25) is 0 Å². The zero-order chi connectivity index (χ0) is 29.4. The number of amides is 2. The van der Waals surface area contributed by atoms with Gasteiger partial charge in [-0.2, -0.15) is 18.3 Å². The number of rotatable bonds is 8. The Morgan fingerprint density at radius 1 is 1.20 bits per heavy atom. The number of hydrogen-bond acceptors (Lipinski definition) is 7. The summed E-state index contributed by atoms with van der Waals surface area (Å²) in [7, 11) is 0. The fourth-order valence-electron chi connectivity index (χ4n) is 4.62. The third kappa shape index (κ3) is 5.97. The minimum Gasteiger partial charge on any atom is -0.481 e. The molecule has 3 atom stereocenters. The molecule has 1 aromatic heterocycles. The molecule has 3 aromatic rings. The van der Waals surface area contributed by atoms with Gasteiger partial charge in [-0.1, -0.05) is 11.6 Å². The number of primary amides is 2. The Bertz CT molecular complexity index is 1520. The van der Waals surface area contributed by atoms with E-state index in [0.717, 1.165) is 16.8 Å². The van der Waals surface area contributed by atoms with E-state index in [0.29, 0.717) is 5.39 Å². The molecule has 2 unspecified atom stereocenters. The van der Waals surface area contributed by atoms with Crippen molar-refractivity contribution in [2.75, 3.05) is 18.4 Å². The van der Waals surface area contributed by atoms with Crippen molar-refractivity contribution in [2.45, 2.75) is 37.7 Å². The van der Waals surface area contributed by atoms with Crippen LogP contribution in [-0.2, 0) is 15.8 Å². The number of carboxylic acid groups (broad SMARTS) is 1. The molecule has 7 N–H and O–H groups in total. The summed E-state index contributed by atoms with van der Waals surface area (Å²) in [6.45, 7) is 1.29. The third-order valence-electron chi connectivity index (χ3n) is 6.38. The number of nitrogens with one attached hydrogen (secondary N) is 2. The van der Waals surface area contributed by atoms with Crippen molar-refractivity contribution in [3.8, 4) is 0 Å². The molecule has 4 rings (SSSR count). The van der Waals surface area contributed by atoms with Crippen LogP contribution >= 0.6 is 0 Å². The van der Waals surface area contributed by atoms with Crippen LogP contribution in [0.3, 0.4) is 0 Å². The van der Waals surface area contributed by atoms with Crippen LogP contribution in [0.1, 0.15) is 45.4 Å². The lowest BCUT2D eigenvalue weighted by Crippen LogP contribution is -2.41. The summed E-state index contributed by atoms with van der Waals surface area (Å²) in [4.78, 5) is 40.8. The number of alkyl halides is 4. The van der Waals surface area contributed by atoms with E-state index in [4.69, 9.17) is 11.5 Å². The predicted octanol–water partition coefficient (Wildman–Crippen LogP) is 2.46. The van der Waals surface area contributed by atoms with Gasteiger partial charge in [0.1, 0.15) is 12.2 Å². The minimum atomic E-state index is -4.73. The molecule has 15 heteroatoms. The fraction of sp³-hybridized carbons (Fsp3) is 0.320. The van der Waals surface area contributed by atoms with Crippen molar-refractivity contribution in [3.05, 3.63) is 58.8 Å². The normalized spacial score (nSPS) is 17.0. The van der Waals surface area contributed by atoms with Crippen LogP contribution in [0.4, 0.5) is 23.2 Å². The second-order valence-corrected chi connectivity index (χ2v) is 9.38. The molecule has 1 aliphatic heterocycles. The summed E-state index contributed by atoms with van der Waals surface area (Å²) in [5, 5.41) is 19.8. The van der Waals surface area contributed by atoms with E-state index in [1.807, 2.05) is 0 Å². The molecule has 40 heavy (non-hydrogen) atoms. The van der Waals surface area contributed by atoms with Crippen molar-refractivity contribution >= 4 is 40.3 Å². The minimum absolute atomic E-state index is 0.0131. The van der Waals surface area contributed by atoms with E-state index in [1.54, 1.807) is 0 Å². The van der Waals surface area contributed by atoms with Crippen LogP contribution in [0.15, 0.2) is 41.5 Å². The molecule has 2 aromatic carbocycles. The zero-order valence-corrected chi connectivity index (χ0v) is 21.0. The number of anilines is 1. The number of halogens is 4. The van der Waals surface area contributed by atoms with E-state index in [2.05, 4.69) is 20.7 Å². The summed E-state index contributed by atoms with van der Waals surface area (Å²) in [5.41, 5.74) is 10.6. The van der Waals surface area contributed by atoms with E-state index >= 15 is 0 Å². The number of aromatic nitrogens is 2. The molecule has 1 aliphatic rings. The lowest BCUT2D eigenvalue weighted by Gasteiger charge is -2.26. The van der Waals surface area contributed by atoms with Gasteiger partial charge in [0.2, 0.25) is 11.8 Å². The second-order valence-electron chi connectivity index (χ2n) is 9.38. The molecule has 0 fully saturated rings. The Hall–Kier alpha value is -4.69. The van der Waals surface area contributed by atoms with Gasteiger partial charge in [0, 0.05) is 16.9 Å². The van der Waals surface area contributed by atoms with E-state index in [9.17, 15) is 37.1 Å². The summed E-state index contributed by atoms with van der Waals surface area (Å²) < 4.78 is 55.3. The predicted molar refractivity (Wildman–Crippen MR) is 136 cm³/mol. The van der Waals surface area contributed by atoms with Crippen molar-refractivity contribution < 1.29 is 37.1 Å². The van der Waals surface area contributed by atoms with Gasteiger partial charge in [-0.15, -0.1) is 0 Å². The Morgan fingerprint density at radius 3 is 2.50 bits per heavy atom. The van der Waals surface area contributed by atoms with E-state index in [-0.39, 0.29) is 46.9 Å². The number of carbonyl (C=O) groups excluding carboxylic acids is 2. The average molecular weight is 564 g/mol. The first-order chi connectivity index (χ1) is 18.7. The Labute approximate surface area is 224 Å². The summed E-state index contributed by atoms with van der Waals surface area (Å²) >= 11 is 0. The number of nitrogens with two attached hydrogens (primary N) is 2. The van der Waals surface area contributed by atoms with Gasteiger partial charge in [-0.3, -0.25) is 19.1 Å². The number of fused-ring (bicyclic) bond motifs is 1. The SMILES string of the molecule is Cc1cc([C@H](CC(=O)O)C(C(N)=O)n2ncc3c(NC4=NCC(F)CN4)cc(C(N)=O)cc32)cc(C(F)(F)F)c1. The van der Waals surface area contributed by atoms with Gasteiger partial charge >= 0.3 is 12.1 Å². The molecule has 0 aliphatic carbocycles. The van der Waals surface area contributed by atoms with Crippen molar-refractivity contribution in [3.63, 3.8) is 0 Å². The van der Waals surface area contributed by atoms with E-state index < -0.39 is 54.1 Å². The zero-order valence-electron chi connectivity index (χ0n) is 21.0. The molecule has 0 radical (unpaired) electrons. The lowest BCUT2D eigenvalue weighted by molar-refractivity contribution is -0.138. The van der Waals surface area contributed by atoms with Gasteiger partial charge in [-0.05, 0) is 36.8 Å². The van der Waals surface area contributed by atoms with E-state index in [1.165, 1.54) is 31.3 Å². The van der Waals surface area contributed by atoms with Crippen LogP contribution in [0, 0.1) is 6.92 Å². The second kappa shape index (κ2) is 10.8. The smallest absolute Gasteiger partial charge is 0.416 e. The molecule has 2 amide bonds. The van der Waals surface area contributed by atoms with Crippen molar-refractivity contribution in [1.82, 2.24) is 15.1 Å². The van der Waals surface area contributed by atoms with Gasteiger partial charge < -0.3 is 27.2 Å². The first-order valence-corrected chi connectivity index (χ1v) is 11.9. The number of nitrogens with zero attached hydrogens (tertiary/aromatic N) is 3. The van der Waals surface area contributed by atoms with Crippen molar-refractivity contribution in [2.24, 2.45) is 16.5 Å². The Kier molecular flexibility index (Phi) is 7.66.